The molecule has 1 unspecified atom stereocenters. The van der Waals surface area contributed by atoms with Crippen molar-refractivity contribution in [3.05, 3.63) is 48.0 Å². The van der Waals surface area contributed by atoms with Crippen LogP contribution in [0.4, 0.5) is 0 Å². The molecule has 1 heteroatoms. The molecule has 0 spiro atoms. The first kappa shape index (κ1) is 9.91. The number of hydrogen-bond donors (Lipinski definition) is 0. The van der Waals surface area contributed by atoms with Gasteiger partial charge in [-0.15, -0.1) is 0 Å². The molecule has 0 radical (unpaired) electrons. The van der Waals surface area contributed by atoms with Gasteiger partial charge in [0.25, 0.3) is 0 Å². The van der Waals surface area contributed by atoms with Crippen LogP contribution < -0.4 is 0 Å². The maximum atomic E-state index is 10.6. The van der Waals surface area contributed by atoms with E-state index in [9.17, 15) is 4.79 Å². The first-order valence-electron chi connectivity index (χ1n) is 5.22. The van der Waals surface area contributed by atoms with Crippen LogP contribution in [0.2, 0.25) is 0 Å². The monoisotopic (exact) mass is 198 g/mol. The number of benzene rings is 2. The third-order valence-corrected chi connectivity index (χ3v) is 2.60. The second-order valence-electron chi connectivity index (χ2n) is 4.00. The van der Waals surface area contributed by atoms with Crippen LogP contribution >= 0.6 is 0 Å². The SMILES string of the molecule is CC(C=O)Cc1ccc2ccccc2c1. The molecule has 2 aromatic carbocycles. The van der Waals surface area contributed by atoms with Crippen molar-refractivity contribution in [1.29, 1.82) is 0 Å². The number of fused-ring (bicyclic) bond motifs is 1. The van der Waals surface area contributed by atoms with Gasteiger partial charge in [0.15, 0.2) is 0 Å². The fraction of sp³-hybridized carbons (Fsp3) is 0.214. The van der Waals surface area contributed by atoms with Gasteiger partial charge >= 0.3 is 0 Å². The normalized spacial score (nSPS) is 12.6. The van der Waals surface area contributed by atoms with Crippen LogP contribution in [0.1, 0.15) is 12.5 Å². The molecular weight excluding hydrogens is 184 g/mol. The summed E-state index contributed by atoms with van der Waals surface area (Å²) in [5.41, 5.74) is 1.23. The summed E-state index contributed by atoms with van der Waals surface area (Å²) in [6.45, 7) is 1.95. The van der Waals surface area contributed by atoms with Gasteiger partial charge in [-0.05, 0) is 22.8 Å². The smallest absolute Gasteiger partial charge is 0.123 e. The summed E-state index contributed by atoms with van der Waals surface area (Å²) < 4.78 is 0. The molecule has 1 nitrogen and oxygen atoms in total. The number of hydrogen-bond acceptors (Lipinski definition) is 1. The van der Waals surface area contributed by atoms with Crippen molar-refractivity contribution >= 4 is 17.1 Å². The van der Waals surface area contributed by atoms with Crippen LogP contribution in [0.15, 0.2) is 42.5 Å². The Hall–Kier alpha value is -1.63. The Morgan fingerprint density at radius 2 is 1.87 bits per heavy atom. The van der Waals surface area contributed by atoms with E-state index >= 15 is 0 Å². The minimum atomic E-state index is 0.103. The number of carbonyl (C=O) groups excluding carboxylic acids is 1. The third-order valence-electron chi connectivity index (χ3n) is 2.60. The maximum absolute atomic E-state index is 10.6. The lowest BCUT2D eigenvalue weighted by atomic mass is 9.99. The van der Waals surface area contributed by atoms with E-state index in [0.717, 1.165) is 12.7 Å². The van der Waals surface area contributed by atoms with Crippen molar-refractivity contribution in [1.82, 2.24) is 0 Å². The summed E-state index contributed by atoms with van der Waals surface area (Å²) in [7, 11) is 0. The molecule has 76 valence electrons. The van der Waals surface area contributed by atoms with Crippen LogP contribution in [-0.4, -0.2) is 6.29 Å². The topological polar surface area (TPSA) is 17.1 Å². The van der Waals surface area contributed by atoms with E-state index in [-0.39, 0.29) is 5.92 Å². The molecular formula is C14H14O. The van der Waals surface area contributed by atoms with E-state index < -0.39 is 0 Å². The van der Waals surface area contributed by atoms with Gasteiger partial charge in [0.2, 0.25) is 0 Å². The van der Waals surface area contributed by atoms with E-state index in [1.165, 1.54) is 16.3 Å². The molecule has 0 heterocycles. The van der Waals surface area contributed by atoms with Crippen molar-refractivity contribution in [3.63, 3.8) is 0 Å². The van der Waals surface area contributed by atoms with Gasteiger partial charge in [0.1, 0.15) is 6.29 Å². The largest absolute Gasteiger partial charge is 0.303 e. The van der Waals surface area contributed by atoms with E-state index in [0.29, 0.717) is 0 Å². The van der Waals surface area contributed by atoms with Crippen molar-refractivity contribution in [3.8, 4) is 0 Å². The zero-order chi connectivity index (χ0) is 10.7. The molecule has 0 N–H and O–H groups in total. The summed E-state index contributed by atoms with van der Waals surface area (Å²) in [5.74, 6) is 0.103. The van der Waals surface area contributed by atoms with Gasteiger partial charge in [0.05, 0.1) is 0 Å². The molecule has 0 bridgehead atoms. The highest BCUT2D eigenvalue weighted by molar-refractivity contribution is 5.83. The summed E-state index contributed by atoms with van der Waals surface area (Å²) in [6.07, 6.45) is 1.84. The van der Waals surface area contributed by atoms with Gasteiger partial charge in [-0.25, -0.2) is 0 Å². The summed E-state index contributed by atoms with van der Waals surface area (Å²) >= 11 is 0. The Labute approximate surface area is 89.7 Å². The van der Waals surface area contributed by atoms with E-state index in [1.807, 2.05) is 19.1 Å². The minimum Gasteiger partial charge on any atom is -0.303 e. The Kier molecular flexibility index (Phi) is 2.82. The van der Waals surface area contributed by atoms with Crippen molar-refractivity contribution in [2.24, 2.45) is 5.92 Å². The Bertz CT molecular complexity index is 473. The highest BCUT2D eigenvalue weighted by Gasteiger charge is 2.02. The summed E-state index contributed by atoms with van der Waals surface area (Å²) in [6, 6.07) is 14.7. The molecule has 0 aliphatic heterocycles. The van der Waals surface area contributed by atoms with Crippen LogP contribution in [-0.2, 0) is 11.2 Å². The first-order chi connectivity index (χ1) is 7.29. The molecule has 0 aliphatic carbocycles. The van der Waals surface area contributed by atoms with E-state index in [2.05, 4.69) is 30.3 Å². The van der Waals surface area contributed by atoms with Crippen LogP contribution in [0, 0.1) is 5.92 Å². The lowest BCUT2D eigenvalue weighted by molar-refractivity contribution is -0.110. The van der Waals surface area contributed by atoms with Gasteiger partial charge < -0.3 is 4.79 Å². The van der Waals surface area contributed by atoms with Crippen LogP contribution in [0.25, 0.3) is 10.8 Å². The van der Waals surface area contributed by atoms with Crippen LogP contribution in [0.5, 0.6) is 0 Å². The van der Waals surface area contributed by atoms with Crippen molar-refractivity contribution in [2.45, 2.75) is 13.3 Å². The number of rotatable bonds is 3. The molecule has 0 amide bonds. The van der Waals surface area contributed by atoms with E-state index in [1.54, 1.807) is 0 Å². The number of carbonyl (C=O) groups is 1. The molecule has 2 rings (SSSR count). The van der Waals surface area contributed by atoms with Crippen molar-refractivity contribution < 1.29 is 4.79 Å². The molecule has 2 aromatic rings. The molecule has 1 atom stereocenters. The highest BCUT2D eigenvalue weighted by atomic mass is 16.1. The predicted molar refractivity (Wildman–Crippen MR) is 62.9 cm³/mol. The lowest BCUT2D eigenvalue weighted by Crippen LogP contribution is -2.00. The highest BCUT2D eigenvalue weighted by Crippen LogP contribution is 2.17. The Balaban J connectivity index is 2.34. The zero-order valence-electron chi connectivity index (χ0n) is 8.81. The fourth-order valence-electron chi connectivity index (χ4n) is 1.79. The third kappa shape index (κ3) is 2.24. The quantitative estimate of drug-likeness (QED) is 0.692. The molecule has 0 saturated heterocycles. The van der Waals surface area contributed by atoms with Gasteiger partial charge in [-0.2, -0.15) is 0 Å². The first-order valence-corrected chi connectivity index (χ1v) is 5.22. The Morgan fingerprint density at radius 1 is 1.13 bits per heavy atom. The molecule has 0 aromatic heterocycles. The van der Waals surface area contributed by atoms with Gasteiger partial charge in [0, 0.05) is 5.92 Å². The zero-order valence-corrected chi connectivity index (χ0v) is 8.81. The molecule has 0 saturated carbocycles. The molecule has 0 fully saturated rings. The average Bonchev–Trinajstić information content (AvgIpc) is 2.29. The van der Waals surface area contributed by atoms with Crippen LogP contribution in [0.3, 0.4) is 0 Å². The number of aldehydes is 1. The standard InChI is InChI=1S/C14H14O/c1-11(10-15)8-12-6-7-13-4-2-3-5-14(13)9-12/h2-7,9-11H,8H2,1H3. The van der Waals surface area contributed by atoms with E-state index in [4.69, 9.17) is 0 Å². The lowest BCUT2D eigenvalue weighted by Gasteiger charge is -2.05. The molecule has 15 heavy (non-hydrogen) atoms. The average molecular weight is 198 g/mol. The Morgan fingerprint density at radius 3 is 2.60 bits per heavy atom. The second kappa shape index (κ2) is 4.26. The fourth-order valence-corrected chi connectivity index (χ4v) is 1.79. The minimum absolute atomic E-state index is 0.103. The van der Waals surface area contributed by atoms with Crippen molar-refractivity contribution in [2.75, 3.05) is 0 Å². The summed E-state index contributed by atoms with van der Waals surface area (Å²) in [5, 5.41) is 2.49. The summed E-state index contributed by atoms with van der Waals surface area (Å²) in [4.78, 5) is 10.6. The van der Waals surface area contributed by atoms with Gasteiger partial charge in [-0.3, -0.25) is 0 Å². The van der Waals surface area contributed by atoms with Gasteiger partial charge in [-0.1, -0.05) is 49.4 Å². The predicted octanol–water partition coefficient (Wildman–Crippen LogP) is 3.22. The molecule has 0 aliphatic rings. The second-order valence-corrected chi connectivity index (χ2v) is 4.00. The maximum Gasteiger partial charge on any atom is 0.123 e.